The van der Waals surface area contributed by atoms with Crippen LogP contribution >= 0.6 is 0 Å². The normalized spacial score (nSPS) is 12.5. The second-order valence-corrected chi connectivity index (χ2v) is 3.82. The number of phenolic OH excluding ortho intramolecular Hbond substituents is 2. The number of rotatable bonds is 4. The van der Waals surface area contributed by atoms with Gasteiger partial charge >= 0.3 is 0 Å². The molecule has 0 aliphatic heterocycles. The highest BCUT2D eigenvalue weighted by atomic mass is 16.5. The molecular weight excluding hydrogens is 220 g/mol. The number of hydrogen-bond acceptors (Lipinski definition) is 5. The van der Waals surface area contributed by atoms with Gasteiger partial charge in [-0.3, -0.25) is 0 Å². The first-order valence-corrected chi connectivity index (χ1v) is 5.31. The van der Waals surface area contributed by atoms with Crippen LogP contribution in [-0.2, 0) is 6.54 Å². The maximum atomic E-state index is 9.68. The summed E-state index contributed by atoms with van der Waals surface area (Å²) in [6, 6.07) is 6.11. The van der Waals surface area contributed by atoms with Crippen molar-refractivity contribution in [2.24, 2.45) is 0 Å². The number of nitrogens with one attached hydrogen (secondary N) is 1. The van der Waals surface area contributed by atoms with Crippen LogP contribution in [0.4, 0.5) is 0 Å². The summed E-state index contributed by atoms with van der Waals surface area (Å²) >= 11 is 0. The molecule has 0 aliphatic rings. The van der Waals surface area contributed by atoms with Crippen LogP contribution in [0, 0.1) is 0 Å². The fourth-order valence-corrected chi connectivity index (χ4v) is 1.59. The number of hydrogen-bond donors (Lipinski definition) is 3. The van der Waals surface area contributed by atoms with Crippen LogP contribution in [0.3, 0.4) is 0 Å². The third-order valence-electron chi connectivity index (χ3n) is 2.55. The van der Waals surface area contributed by atoms with Gasteiger partial charge in [0, 0.05) is 17.7 Å². The van der Waals surface area contributed by atoms with Crippen molar-refractivity contribution in [1.29, 1.82) is 0 Å². The molecule has 1 unspecified atom stereocenters. The van der Waals surface area contributed by atoms with Crippen molar-refractivity contribution in [3.8, 4) is 11.5 Å². The zero-order valence-corrected chi connectivity index (χ0v) is 9.42. The fourth-order valence-electron chi connectivity index (χ4n) is 1.59. The largest absolute Gasteiger partial charge is 0.508 e. The van der Waals surface area contributed by atoms with Crippen LogP contribution in [0.2, 0.25) is 0 Å². The molecule has 2 aromatic rings. The second kappa shape index (κ2) is 4.88. The number of aromatic hydroxyl groups is 2. The Balaban J connectivity index is 2.04. The minimum absolute atomic E-state index is 0.104. The van der Waals surface area contributed by atoms with E-state index in [-0.39, 0.29) is 17.5 Å². The Kier molecular flexibility index (Phi) is 3.30. The molecule has 0 fully saturated rings. The fraction of sp³-hybridized carbons (Fsp3) is 0.250. The molecule has 17 heavy (non-hydrogen) atoms. The van der Waals surface area contributed by atoms with Gasteiger partial charge in [0.15, 0.2) is 0 Å². The molecule has 0 amide bonds. The number of benzene rings is 1. The second-order valence-electron chi connectivity index (χ2n) is 3.82. The number of aromatic nitrogens is 1. The standard InChI is InChI=1S/C12H14N2O3/c1-8(13-7-10-4-5-14-17-10)11-6-9(15)2-3-12(11)16/h2-6,8,13,15-16H,7H2,1H3. The van der Waals surface area contributed by atoms with Gasteiger partial charge in [0.05, 0.1) is 12.7 Å². The van der Waals surface area contributed by atoms with Crippen LogP contribution in [-0.4, -0.2) is 15.4 Å². The quantitative estimate of drug-likeness (QED) is 0.704. The van der Waals surface area contributed by atoms with Crippen molar-refractivity contribution in [3.05, 3.63) is 41.8 Å². The van der Waals surface area contributed by atoms with Crippen molar-refractivity contribution in [2.45, 2.75) is 19.5 Å². The summed E-state index contributed by atoms with van der Waals surface area (Å²) < 4.78 is 4.95. The predicted molar refractivity (Wildman–Crippen MR) is 61.5 cm³/mol. The maximum Gasteiger partial charge on any atom is 0.150 e. The predicted octanol–water partition coefficient (Wildman–Crippen LogP) is 1.94. The van der Waals surface area contributed by atoms with E-state index in [0.717, 1.165) is 5.76 Å². The zero-order chi connectivity index (χ0) is 12.3. The summed E-state index contributed by atoms with van der Waals surface area (Å²) in [5, 5.41) is 25.8. The monoisotopic (exact) mass is 234 g/mol. The third kappa shape index (κ3) is 2.76. The van der Waals surface area contributed by atoms with Crippen LogP contribution in [0.1, 0.15) is 24.3 Å². The molecule has 1 heterocycles. The smallest absolute Gasteiger partial charge is 0.150 e. The van der Waals surface area contributed by atoms with Crippen molar-refractivity contribution in [3.63, 3.8) is 0 Å². The summed E-state index contributed by atoms with van der Waals surface area (Å²) in [4.78, 5) is 0. The lowest BCUT2D eigenvalue weighted by Gasteiger charge is -2.14. The third-order valence-corrected chi connectivity index (χ3v) is 2.55. The van der Waals surface area contributed by atoms with E-state index in [1.54, 1.807) is 12.3 Å². The summed E-state index contributed by atoms with van der Waals surface area (Å²) in [7, 11) is 0. The molecule has 5 heteroatoms. The summed E-state index contributed by atoms with van der Waals surface area (Å²) in [6.45, 7) is 2.40. The summed E-state index contributed by atoms with van der Waals surface area (Å²) in [5.74, 6) is 1.00. The molecule has 0 aliphatic carbocycles. The van der Waals surface area contributed by atoms with E-state index in [0.29, 0.717) is 12.1 Å². The first-order valence-electron chi connectivity index (χ1n) is 5.31. The molecule has 1 aromatic carbocycles. The highest BCUT2D eigenvalue weighted by Gasteiger charge is 2.11. The van der Waals surface area contributed by atoms with Gasteiger partial charge in [-0.25, -0.2) is 0 Å². The Morgan fingerprint density at radius 2 is 2.18 bits per heavy atom. The molecule has 1 aromatic heterocycles. The Labute approximate surface area is 98.7 Å². The Morgan fingerprint density at radius 1 is 1.35 bits per heavy atom. The molecule has 0 saturated heterocycles. The van der Waals surface area contributed by atoms with E-state index < -0.39 is 0 Å². The van der Waals surface area contributed by atoms with E-state index in [4.69, 9.17) is 4.52 Å². The van der Waals surface area contributed by atoms with Gasteiger partial charge in [-0.1, -0.05) is 5.16 Å². The van der Waals surface area contributed by atoms with Gasteiger partial charge < -0.3 is 20.1 Å². The van der Waals surface area contributed by atoms with E-state index in [9.17, 15) is 10.2 Å². The lowest BCUT2D eigenvalue weighted by molar-refractivity contribution is 0.364. The van der Waals surface area contributed by atoms with Crippen molar-refractivity contribution in [2.75, 3.05) is 0 Å². The molecule has 3 N–H and O–H groups in total. The number of nitrogens with zero attached hydrogens (tertiary/aromatic N) is 1. The average Bonchev–Trinajstić information content (AvgIpc) is 2.82. The summed E-state index contributed by atoms with van der Waals surface area (Å²) in [5.41, 5.74) is 0.643. The molecule has 0 saturated carbocycles. The van der Waals surface area contributed by atoms with Gasteiger partial charge in [0.25, 0.3) is 0 Å². The highest BCUT2D eigenvalue weighted by molar-refractivity contribution is 5.40. The van der Waals surface area contributed by atoms with E-state index in [1.165, 1.54) is 18.2 Å². The lowest BCUT2D eigenvalue weighted by atomic mass is 10.1. The molecule has 5 nitrogen and oxygen atoms in total. The van der Waals surface area contributed by atoms with Gasteiger partial charge in [0.2, 0.25) is 0 Å². The van der Waals surface area contributed by atoms with Gasteiger partial charge in [-0.05, 0) is 25.1 Å². The molecule has 2 rings (SSSR count). The van der Waals surface area contributed by atoms with Crippen LogP contribution in [0.5, 0.6) is 11.5 Å². The van der Waals surface area contributed by atoms with Crippen LogP contribution < -0.4 is 5.32 Å². The van der Waals surface area contributed by atoms with Gasteiger partial charge in [0.1, 0.15) is 17.3 Å². The SMILES string of the molecule is CC(NCc1ccno1)c1cc(O)ccc1O. The first-order chi connectivity index (χ1) is 8.16. The van der Waals surface area contributed by atoms with E-state index in [1.807, 2.05) is 6.92 Å². The van der Waals surface area contributed by atoms with E-state index in [2.05, 4.69) is 10.5 Å². The Morgan fingerprint density at radius 3 is 2.88 bits per heavy atom. The minimum Gasteiger partial charge on any atom is -0.508 e. The lowest BCUT2D eigenvalue weighted by Crippen LogP contribution is -2.17. The average molecular weight is 234 g/mol. The van der Waals surface area contributed by atoms with Crippen molar-refractivity contribution < 1.29 is 14.7 Å². The zero-order valence-electron chi connectivity index (χ0n) is 9.42. The molecule has 0 spiro atoms. The Hall–Kier alpha value is -2.01. The minimum atomic E-state index is -0.104. The number of phenols is 2. The topological polar surface area (TPSA) is 78.5 Å². The van der Waals surface area contributed by atoms with Gasteiger partial charge in [-0.2, -0.15) is 0 Å². The first kappa shape index (κ1) is 11.5. The van der Waals surface area contributed by atoms with Crippen LogP contribution in [0.25, 0.3) is 0 Å². The highest BCUT2D eigenvalue weighted by Crippen LogP contribution is 2.27. The van der Waals surface area contributed by atoms with Gasteiger partial charge in [-0.15, -0.1) is 0 Å². The summed E-state index contributed by atoms with van der Waals surface area (Å²) in [6.07, 6.45) is 1.58. The Bertz CT molecular complexity index is 483. The molecule has 0 radical (unpaired) electrons. The molecule has 1 atom stereocenters. The molecular formula is C12H14N2O3. The van der Waals surface area contributed by atoms with Crippen LogP contribution in [0.15, 0.2) is 35.0 Å². The maximum absolute atomic E-state index is 9.68. The van der Waals surface area contributed by atoms with Crippen molar-refractivity contribution >= 4 is 0 Å². The molecule has 0 bridgehead atoms. The van der Waals surface area contributed by atoms with Crippen molar-refractivity contribution in [1.82, 2.24) is 10.5 Å². The molecule has 90 valence electrons. The van der Waals surface area contributed by atoms with E-state index >= 15 is 0 Å².